The van der Waals surface area contributed by atoms with Crippen molar-refractivity contribution < 1.29 is 0 Å². The van der Waals surface area contributed by atoms with Crippen LogP contribution in [0, 0.1) is 13.8 Å². The van der Waals surface area contributed by atoms with E-state index in [2.05, 4.69) is 100 Å². The number of nitrogen functional groups attached to an aromatic ring is 2. The third kappa shape index (κ3) is 13.0. The van der Waals surface area contributed by atoms with E-state index in [-0.39, 0.29) is 0 Å². The molecule has 4 aromatic carbocycles. The van der Waals surface area contributed by atoms with Gasteiger partial charge in [-0.3, -0.25) is 0 Å². The molecule has 4 N–H and O–H groups in total. The molecule has 0 aromatic heterocycles. The highest BCUT2D eigenvalue weighted by molar-refractivity contribution is 5.48. The van der Waals surface area contributed by atoms with Crippen LogP contribution in [0.5, 0.6) is 0 Å². The lowest BCUT2D eigenvalue weighted by atomic mass is 9.89. The van der Waals surface area contributed by atoms with Crippen molar-refractivity contribution in [2.24, 2.45) is 0 Å². The second kappa shape index (κ2) is 20.9. The van der Waals surface area contributed by atoms with Gasteiger partial charge in [-0.15, -0.1) is 0 Å². The first-order valence-corrected chi connectivity index (χ1v) is 19.7. The normalized spacial score (nSPS) is 12.7. The quantitative estimate of drug-likeness (QED) is 0.0652. The Morgan fingerprint density at radius 3 is 0.959 bits per heavy atom. The lowest BCUT2D eigenvalue weighted by Crippen LogP contribution is -2.00. The maximum atomic E-state index is 5.95. The van der Waals surface area contributed by atoms with Crippen LogP contribution in [-0.4, -0.2) is 0 Å². The summed E-state index contributed by atoms with van der Waals surface area (Å²) in [4.78, 5) is 0. The summed E-state index contributed by atoms with van der Waals surface area (Å²) in [5.41, 5.74) is 24.6. The lowest BCUT2D eigenvalue weighted by molar-refractivity contribution is 0.530. The topological polar surface area (TPSA) is 52.0 Å². The zero-order chi connectivity index (χ0) is 34.8. The number of hydrogen-bond donors (Lipinski definition) is 2. The summed E-state index contributed by atoms with van der Waals surface area (Å²) < 4.78 is 0. The molecule has 2 heteroatoms. The number of unbranched alkanes of at least 4 members (excludes halogenated alkanes) is 14. The van der Waals surface area contributed by atoms with Gasteiger partial charge in [0.15, 0.2) is 0 Å². The van der Waals surface area contributed by atoms with Gasteiger partial charge in [-0.1, -0.05) is 158 Å². The first-order valence-electron chi connectivity index (χ1n) is 19.7. The summed E-state index contributed by atoms with van der Waals surface area (Å²) in [7, 11) is 0. The summed E-state index contributed by atoms with van der Waals surface area (Å²) in [5, 5.41) is 0. The van der Waals surface area contributed by atoms with E-state index < -0.39 is 0 Å². The van der Waals surface area contributed by atoms with Crippen LogP contribution in [-0.2, 0) is 12.8 Å². The number of aryl methyl sites for hydroxylation is 4. The highest BCUT2D eigenvalue weighted by atomic mass is 14.5. The van der Waals surface area contributed by atoms with Crippen LogP contribution < -0.4 is 11.5 Å². The molecule has 4 rings (SSSR count). The van der Waals surface area contributed by atoms with E-state index in [0.717, 1.165) is 11.4 Å². The Labute approximate surface area is 300 Å². The standard InChI is InChI=1S/C47H66N2/c1-36-34-44(48)30-32-46(36)38(3)42-26-22-40(23-27-42)20-18-16-14-12-10-8-6-5-7-9-11-13-15-17-19-21-41-24-28-43(29-25-41)39(4)47-33-31-45(49)35-37(47)2/h22-35,38-39H,5-21,48-49H2,1-4H3. The van der Waals surface area contributed by atoms with Crippen LogP contribution in [0.25, 0.3) is 0 Å². The Morgan fingerprint density at radius 2 is 0.673 bits per heavy atom. The Balaban J connectivity index is 0.927. The summed E-state index contributed by atoms with van der Waals surface area (Å²) >= 11 is 0. The van der Waals surface area contributed by atoms with E-state index in [9.17, 15) is 0 Å². The molecule has 2 unspecified atom stereocenters. The van der Waals surface area contributed by atoms with Crippen molar-refractivity contribution in [3.63, 3.8) is 0 Å². The Kier molecular flexibility index (Phi) is 16.3. The molecular weight excluding hydrogens is 593 g/mol. The molecule has 0 fully saturated rings. The van der Waals surface area contributed by atoms with Crippen LogP contribution in [0.4, 0.5) is 11.4 Å². The summed E-state index contributed by atoms with van der Waals surface area (Å²) in [6.07, 6.45) is 23.3. The van der Waals surface area contributed by atoms with E-state index in [4.69, 9.17) is 11.5 Å². The average Bonchev–Trinajstić information content (AvgIpc) is 3.09. The predicted octanol–water partition coefficient (Wildman–Crippen LogP) is 13.4. The second-order valence-electron chi connectivity index (χ2n) is 15.0. The van der Waals surface area contributed by atoms with Crippen molar-refractivity contribution in [2.75, 3.05) is 11.5 Å². The molecule has 0 saturated heterocycles. The van der Waals surface area contributed by atoms with E-state index in [1.54, 1.807) is 0 Å². The Hall–Kier alpha value is -3.52. The fraction of sp³-hybridized carbons (Fsp3) is 0.489. The van der Waals surface area contributed by atoms with Crippen molar-refractivity contribution in [1.82, 2.24) is 0 Å². The van der Waals surface area contributed by atoms with E-state index >= 15 is 0 Å². The molecule has 0 aliphatic carbocycles. The molecule has 0 spiro atoms. The molecule has 0 saturated carbocycles. The number of nitrogens with two attached hydrogens (primary N) is 2. The highest BCUT2D eigenvalue weighted by Gasteiger charge is 2.12. The smallest absolute Gasteiger partial charge is 0.0316 e. The van der Waals surface area contributed by atoms with Gasteiger partial charge in [0.25, 0.3) is 0 Å². The van der Waals surface area contributed by atoms with Crippen LogP contribution in [0.2, 0.25) is 0 Å². The number of benzene rings is 4. The molecule has 0 radical (unpaired) electrons. The van der Waals surface area contributed by atoms with E-state index in [1.807, 2.05) is 12.1 Å². The minimum absolute atomic E-state index is 0.396. The predicted molar refractivity (Wildman–Crippen MR) is 216 cm³/mol. The van der Waals surface area contributed by atoms with Gasteiger partial charge < -0.3 is 11.5 Å². The molecule has 2 nitrogen and oxygen atoms in total. The van der Waals surface area contributed by atoms with Gasteiger partial charge in [0, 0.05) is 23.2 Å². The maximum Gasteiger partial charge on any atom is 0.0316 e. The Morgan fingerprint density at radius 1 is 0.388 bits per heavy atom. The average molecular weight is 659 g/mol. The highest BCUT2D eigenvalue weighted by Crippen LogP contribution is 2.30. The van der Waals surface area contributed by atoms with Gasteiger partial charge in [0.1, 0.15) is 0 Å². The molecule has 0 aliphatic heterocycles. The summed E-state index contributed by atoms with van der Waals surface area (Å²) in [6, 6.07) is 31.2. The molecule has 0 aliphatic rings. The molecule has 0 bridgehead atoms. The van der Waals surface area contributed by atoms with Crippen LogP contribution in [0.1, 0.15) is 167 Å². The molecule has 0 heterocycles. The fourth-order valence-corrected chi connectivity index (χ4v) is 7.63. The van der Waals surface area contributed by atoms with Crippen LogP contribution in [0.15, 0.2) is 84.9 Å². The largest absolute Gasteiger partial charge is 0.399 e. The number of rotatable bonds is 22. The second-order valence-corrected chi connectivity index (χ2v) is 15.0. The minimum Gasteiger partial charge on any atom is -0.399 e. The number of anilines is 2. The zero-order valence-corrected chi connectivity index (χ0v) is 31.4. The van der Waals surface area contributed by atoms with Gasteiger partial charge in [0.05, 0.1) is 0 Å². The minimum atomic E-state index is 0.396. The molecule has 264 valence electrons. The zero-order valence-electron chi connectivity index (χ0n) is 31.4. The number of hydrogen-bond acceptors (Lipinski definition) is 2. The van der Waals surface area contributed by atoms with Gasteiger partial charge in [-0.2, -0.15) is 0 Å². The first kappa shape index (κ1) is 38.3. The third-order valence-corrected chi connectivity index (χ3v) is 10.9. The first-order chi connectivity index (χ1) is 23.8. The Bertz CT molecular complexity index is 1390. The van der Waals surface area contributed by atoms with Gasteiger partial charge in [-0.25, -0.2) is 0 Å². The molecule has 0 amide bonds. The monoisotopic (exact) mass is 659 g/mol. The SMILES string of the molecule is Cc1cc(N)ccc1C(C)c1ccc(CCCCCCCCCCCCCCCCCc2ccc(C(C)c3ccc(N)cc3C)cc2)cc1. The molecule has 2 atom stereocenters. The summed E-state index contributed by atoms with van der Waals surface area (Å²) in [6.45, 7) is 8.91. The van der Waals surface area contributed by atoms with Crippen molar-refractivity contribution in [1.29, 1.82) is 0 Å². The lowest BCUT2D eigenvalue weighted by Gasteiger charge is -2.16. The van der Waals surface area contributed by atoms with Crippen molar-refractivity contribution >= 4 is 11.4 Å². The van der Waals surface area contributed by atoms with Gasteiger partial charge in [-0.05, 0) is 108 Å². The fourth-order valence-electron chi connectivity index (χ4n) is 7.63. The van der Waals surface area contributed by atoms with Crippen LogP contribution in [0.3, 0.4) is 0 Å². The van der Waals surface area contributed by atoms with E-state index in [1.165, 1.54) is 154 Å². The van der Waals surface area contributed by atoms with E-state index in [0.29, 0.717) is 11.8 Å². The van der Waals surface area contributed by atoms with Gasteiger partial charge >= 0.3 is 0 Å². The van der Waals surface area contributed by atoms with Gasteiger partial charge in [0.2, 0.25) is 0 Å². The third-order valence-electron chi connectivity index (χ3n) is 10.9. The molecule has 4 aromatic rings. The van der Waals surface area contributed by atoms with Crippen molar-refractivity contribution in [2.45, 2.75) is 149 Å². The summed E-state index contributed by atoms with van der Waals surface area (Å²) in [5.74, 6) is 0.791. The van der Waals surface area contributed by atoms with Crippen molar-refractivity contribution in [3.8, 4) is 0 Å². The molecule has 49 heavy (non-hydrogen) atoms. The maximum absolute atomic E-state index is 5.95. The van der Waals surface area contributed by atoms with Crippen molar-refractivity contribution in [3.05, 3.63) is 129 Å². The van der Waals surface area contributed by atoms with Crippen LogP contribution >= 0.6 is 0 Å². The molecular formula is C47H66N2.